The standard InChI is InChI=1S/C13H14ClNOS/c1-16-8-10-3-2-4-12(5-10)15-7-13-6-11(14)9-17-13/h2-6,9,15H,7-8H2,1H3. The summed E-state index contributed by atoms with van der Waals surface area (Å²) in [7, 11) is 1.70. The zero-order chi connectivity index (χ0) is 12.1. The van der Waals surface area contributed by atoms with Gasteiger partial charge in [-0.25, -0.2) is 0 Å². The third-order valence-corrected chi connectivity index (χ3v) is 3.61. The molecule has 2 aromatic rings. The summed E-state index contributed by atoms with van der Waals surface area (Å²) in [5.74, 6) is 0. The number of thiophene rings is 1. The molecule has 1 aromatic carbocycles. The molecular weight excluding hydrogens is 254 g/mol. The van der Waals surface area contributed by atoms with Crippen LogP contribution in [0.4, 0.5) is 5.69 Å². The SMILES string of the molecule is COCc1cccc(NCc2cc(Cl)cs2)c1. The Morgan fingerprint density at radius 2 is 2.24 bits per heavy atom. The first kappa shape index (κ1) is 12.4. The normalized spacial score (nSPS) is 10.5. The molecule has 0 fully saturated rings. The highest BCUT2D eigenvalue weighted by atomic mass is 35.5. The molecule has 0 radical (unpaired) electrons. The van der Waals surface area contributed by atoms with Crippen LogP contribution in [-0.4, -0.2) is 7.11 Å². The molecule has 17 heavy (non-hydrogen) atoms. The van der Waals surface area contributed by atoms with Gasteiger partial charge in [-0.05, 0) is 23.8 Å². The van der Waals surface area contributed by atoms with E-state index in [2.05, 4.69) is 17.4 Å². The zero-order valence-electron chi connectivity index (χ0n) is 9.57. The second-order valence-corrected chi connectivity index (χ2v) is 5.15. The number of anilines is 1. The van der Waals surface area contributed by atoms with Crippen molar-refractivity contribution in [3.63, 3.8) is 0 Å². The highest BCUT2D eigenvalue weighted by Crippen LogP contribution is 2.20. The Labute approximate surface area is 110 Å². The molecule has 1 aromatic heterocycles. The molecule has 0 atom stereocenters. The van der Waals surface area contributed by atoms with Crippen LogP contribution in [0.2, 0.25) is 5.02 Å². The van der Waals surface area contributed by atoms with E-state index in [0.29, 0.717) is 6.61 Å². The van der Waals surface area contributed by atoms with Crippen molar-refractivity contribution in [2.24, 2.45) is 0 Å². The van der Waals surface area contributed by atoms with Crippen LogP contribution in [0.25, 0.3) is 0 Å². The summed E-state index contributed by atoms with van der Waals surface area (Å²) in [6, 6.07) is 10.2. The number of hydrogen-bond donors (Lipinski definition) is 1. The van der Waals surface area contributed by atoms with E-state index >= 15 is 0 Å². The number of nitrogens with one attached hydrogen (secondary N) is 1. The average Bonchev–Trinajstić information content (AvgIpc) is 2.74. The van der Waals surface area contributed by atoms with Crippen LogP contribution in [0, 0.1) is 0 Å². The fourth-order valence-electron chi connectivity index (χ4n) is 1.57. The fraction of sp³-hybridized carbons (Fsp3) is 0.231. The van der Waals surface area contributed by atoms with Crippen LogP contribution in [0.15, 0.2) is 35.7 Å². The van der Waals surface area contributed by atoms with E-state index in [0.717, 1.165) is 17.3 Å². The van der Waals surface area contributed by atoms with Gasteiger partial charge in [0.05, 0.1) is 11.6 Å². The summed E-state index contributed by atoms with van der Waals surface area (Å²) in [5, 5.41) is 6.12. The molecule has 0 aliphatic carbocycles. The molecule has 0 unspecified atom stereocenters. The van der Waals surface area contributed by atoms with Crippen LogP contribution in [0.3, 0.4) is 0 Å². The van der Waals surface area contributed by atoms with Gasteiger partial charge in [0.1, 0.15) is 0 Å². The molecule has 0 saturated heterocycles. The highest BCUT2D eigenvalue weighted by molar-refractivity contribution is 7.10. The summed E-state index contributed by atoms with van der Waals surface area (Å²) in [5.41, 5.74) is 2.27. The summed E-state index contributed by atoms with van der Waals surface area (Å²) in [6.07, 6.45) is 0. The van der Waals surface area contributed by atoms with Gasteiger partial charge in [-0.1, -0.05) is 23.7 Å². The van der Waals surface area contributed by atoms with Gasteiger partial charge in [0.25, 0.3) is 0 Å². The van der Waals surface area contributed by atoms with E-state index in [4.69, 9.17) is 16.3 Å². The summed E-state index contributed by atoms with van der Waals surface area (Å²) in [4.78, 5) is 1.23. The number of benzene rings is 1. The van der Waals surface area contributed by atoms with Crippen molar-refractivity contribution in [3.8, 4) is 0 Å². The van der Waals surface area contributed by atoms with Crippen molar-refractivity contribution < 1.29 is 4.74 Å². The van der Waals surface area contributed by atoms with Crippen LogP contribution in [0.5, 0.6) is 0 Å². The Balaban J connectivity index is 1.96. The molecule has 0 amide bonds. The molecule has 2 rings (SSSR count). The van der Waals surface area contributed by atoms with Gasteiger partial charge >= 0.3 is 0 Å². The lowest BCUT2D eigenvalue weighted by Gasteiger charge is -2.06. The maximum atomic E-state index is 5.87. The summed E-state index contributed by atoms with van der Waals surface area (Å²) < 4.78 is 5.11. The highest BCUT2D eigenvalue weighted by Gasteiger charge is 1.99. The predicted octanol–water partition coefficient (Wildman–Crippen LogP) is 4.16. The molecule has 2 nitrogen and oxygen atoms in total. The van der Waals surface area contributed by atoms with Gasteiger partial charge in [0.2, 0.25) is 0 Å². The summed E-state index contributed by atoms with van der Waals surface area (Å²) >= 11 is 7.54. The van der Waals surface area contributed by atoms with Crippen molar-refractivity contribution in [3.05, 3.63) is 51.2 Å². The lowest BCUT2D eigenvalue weighted by atomic mass is 10.2. The first-order valence-corrected chi connectivity index (χ1v) is 6.58. The average molecular weight is 268 g/mol. The van der Waals surface area contributed by atoms with Crippen molar-refractivity contribution in [2.45, 2.75) is 13.2 Å². The minimum Gasteiger partial charge on any atom is -0.380 e. The van der Waals surface area contributed by atoms with Crippen molar-refractivity contribution in [1.82, 2.24) is 0 Å². The molecule has 4 heteroatoms. The van der Waals surface area contributed by atoms with Gasteiger partial charge in [-0.3, -0.25) is 0 Å². The fourth-order valence-corrected chi connectivity index (χ4v) is 2.59. The van der Waals surface area contributed by atoms with Crippen molar-refractivity contribution in [2.75, 3.05) is 12.4 Å². The number of methoxy groups -OCH3 is 1. The molecule has 0 spiro atoms. The number of ether oxygens (including phenoxy) is 1. The van der Waals surface area contributed by atoms with Crippen LogP contribution < -0.4 is 5.32 Å². The van der Waals surface area contributed by atoms with Crippen LogP contribution in [-0.2, 0) is 17.9 Å². The van der Waals surface area contributed by atoms with E-state index in [9.17, 15) is 0 Å². The molecule has 0 saturated carbocycles. The van der Waals surface area contributed by atoms with E-state index in [-0.39, 0.29) is 0 Å². The molecule has 0 aliphatic rings. The third kappa shape index (κ3) is 3.73. The first-order valence-electron chi connectivity index (χ1n) is 5.32. The lowest BCUT2D eigenvalue weighted by Crippen LogP contribution is -1.98. The summed E-state index contributed by atoms with van der Waals surface area (Å²) in [6.45, 7) is 1.44. The lowest BCUT2D eigenvalue weighted by molar-refractivity contribution is 0.185. The third-order valence-electron chi connectivity index (χ3n) is 2.33. The van der Waals surface area contributed by atoms with Crippen molar-refractivity contribution in [1.29, 1.82) is 0 Å². The second-order valence-electron chi connectivity index (χ2n) is 3.72. The van der Waals surface area contributed by atoms with E-state index in [1.54, 1.807) is 18.4 Å². The van der Waals surface area contributed by atoms with Gasteiger partial charge < -0.3 is 10.1 Å². The molecule has 90 valence electrons. The molecule has 1 heterocycles. The topological polar surface area (TPSA) is 21.3 Å². The largest absolute Gasteiger partial charge is 0.380 e. The van der Waals surface area contributed by atoms with Gasteiger partial charge in [-0.15, -0.1) is 11.3 Å². The van der Waals surface area contributed by atoms with Gasteiger partial charge in [0.15, 0.2) is 0 Å². The Hall–Kier alpha value is -1.03. The second kappa shape index (κ2) is 6.05. The Bertz CT molecular complexity index is 484. The Kier molecular flexibility index (Phi) is 4.42. The van der Waals surface area contributed by atoms with E-state index in [1.807, 2.05) is 23.6 Å². The van der Waals surface area contributed by atoms with E-state index < -0.39 is 0 Å². The maximum Gasteiger partial charge on any atom is 0.0713 e. The molecule has 0 bridgehead atoms. The van der Waals surface area contributed by atoms with Crippen LogP contribution in [0.1, 0.15) is 10.4 Å². The quantitative estimate of drug-likeness (QED) is 0.878. The molecule has 0 aliphatic heterocycles. The number of rotatable bonds is 5. The smallest absolute Gasteiger partial charge is 0.0713 e. The monoisotopic (exact) mass is 267 g/mol. The molecule has 1 N–H and O–H groups in total. The number of hydrogen-bond acceptors (Lipinski definition) is 3. The first-order chi connectivity index (χ1) is 8.28. The minimum atomic E-state index is 0.639. The predicted molar refractivity (Wildman–Crippen MR) is 73.8 cm³/mol. The zero-order valence-corrected chi connectivity index (χ0v) is 11.1. The van der Waals surface area contributed by atoms with Crippen LogP contribution >= 0.6 is 22.9 Å². The number of halogens is 1. The van der Waals surface area contributed by atoms with Gasteiger partial charge in [0, 0.05) is 29.6 Å². The minimum absolute atomic E-state index is 0.639. The van der Waals surface area contributed by atoms with E-state index in [1.165, 1.54) is 10.4 Å². The molecular formula is C13H14ClNOS. The Morgan fingerprint density at radius 3 is 2.94 bits per heavy atom. The van der Waals surface area contributed by atoms with Crippen molar-refractivity contribution >= 4 is 28.6 Å². The van der Waals surface area contributed by atoms with Gasteiger partial charge in [-0.2, -0.15) is 0 Å². The maximum absolute atomic E-state index is 5.87. The Morgan fingerprint density at radius 1 is 1.35 bits per heavy atom.